The predicted octanol–water partition coefficient (Wildman–Crippen LogP) is 1.26. The first kappa shape index (κ1) is 16.3. The van der Waals surface area contributed by atoms with Crippen LogP contribution in [0, 0.1) is 5.82 Å². The molecule has 0 saturated heterocycles. The van der Waals surface area contributed by atoms with Crippen molar-refractivity contribution in [2.24, 2.45) is 5.73 Å². The Kier molecular flexibility index (Phi) is 5.54. The molecule has 0 aliphatic carbocycles. The fourth-order valence-electron chi connectivity index (χ4n) is 1.10. The van der Waals surface area contributed by atoms with Gasteiger partial charge in [0, 0.05) is 12.1 Å². The molecule has 1 rings (SSSR count). The van der Waals surface area contributed by atoms with E-state index in [-0.39, 0.29) is 23.8 Å². The monoisotopic (exact) mass is 282 g/mol. The average molecular weight is 283 g/mol. The summed E-state index contributed by atoms with van der Waals surface area (Å²) in [5.41, 5.74) is 4.66. The van der Waals surface area contributed by atoms with Crippen molar-refractivity contribution in [1.82, 2.24) is 4.72 Å². The summed E-state index contributed by atoms with van der Waals surface area (Å²) in [6.45, 7) is 3.47. The molecule has 1 aromatic rings. The van der Waals surface area contributed by atoms with Gasteiger partial charge in [-0.05, 0) is 32.0 Å². The van der Waals surface area contributed by atoms with E-state index >= 15 is 0 Å². The maximum absolute atomic E-state index is 12.9. The molecule has 0 saturated carbocycles. The van der Waals surface area contributed by atoms with Crippen LogP contribution in [0.4, 0.5) is 4.39 Å². The average Bonchev–Trinajstić information content (AvgIpc) is 2.16. The highest BCUT2D eigenvalue weighted by atomic mass is 35.5. The van der Waals surface area contributed by atoms with Gasteiger partial charge in [-0.3, -0.25) is 0 Å². The zero-order chi connectivity index (χ0) is 12.4. The van der Waals surface area contributed by atoms with E-state index in [1.165, 1.54) is 18.2 Å². The highest BCUT2D eigenvalue weighted by Crippen LogP contribution is 2.13. The third kappa shape index (κ3) is 4.59. The van der Waals surface area contributed by atoms with E-state index in [9.17, 15) is 12.8 Å². The molecule has 0 spiro atoms. The Balaban J connectivity index is 0.00000256. The smallest absolute Gasteiger partial charge is 0.241 e. The second-order valence-electron chi connectivity index (χ2n) is 4.15. The van der Waals surface area contributed by atoms with Crippen molar-refractivity contribution < 1.29 is 12.8 Å². The van der Waals surface area contributed by atoms with Gasteiger partial charge in [-0.25, -0.2) is 17.5 Å². The van der Waals surface area contributed by atoms with Gasteiger partial charge >= 0.3 is 0 Å². The minimum absolute atomic E-state index is 0. The first-order chi connectivity index (χ1) is 7.27. The van der Waals surface area contributed by atoms with Crippen molar-refractivity contribution in [2.45, 2.75) is 24.3 Å². The van der Waals surface area contributed by atoms with Crippen LogP contribution in [0.3, 0.4) is 0 Å². The van der Waals surface area contributed by atoms with Crippen LogP contribution in [0.1, 0.15) is 13.8 Å². The molecule has 0 aliphatic rings. The number of halogens is 2. The van der Waals surface area contributed by atoms with E-state index in [0.29, 0.717) is 0 Å². The summed E-state index contributed by atoms with van der Waals surface area (Å²) in [5, 5.41) is 0. The molecule has 3 N–H and O–H groups in total. The van der Waals surface area contributed by atoms with Crippen LogP contribution in [0.5, 0.6) is 0 Å². The summed E-state index contributed by atoms with van der Waals surface area (Å²) >= 11 is 0. The summed E-state index contributed by atoms with van der Waals surface area (Å²) in [6, 6.07) is 4.83. The molecule has 0 fully saturated rings. The summed E-state index contributed by atoms with van der Waals surface area (Å²) in [6.07, 6.45) is 0. The lowest BCUT2D eigenvalue weighted by molar-refractivity contribution is 0.462. The molecule has 0 aromatic heterocycles. The third-order valence-electron chi connectivity index (χ3n) is 2.03. The molecule has 98 valence electrons. The maximum Gasteiger partial charge on any atom is 0.241 e. The molecule has 4 nitrogen and oxygen atoms in total. The van der Waals surface area contributed by atoms with E-state index < -0.39 is 21.4 Å². The Morgan fingerprint density at radius 2 is 2.00 bits per heavy atom. The molecule has 0 aliphatic heterocycles. The Bertz CT molecular complexity index is 477. The quantitative estimate of drug-likeness (QED) is 0.873. The summed E-state index contributed by atoms with van der Waals surface area (Å²) in [4.78, 5) is -0.103. The second-order valence-corrected chi connectivity index (χ2v) is 5.83. The summed E-state index contributed by atoms with van der Waals surface area (Å²) < 4.78 is 39.0. The summed E-state index contributed by atoms with van der Waals surface area (Å²) in [7, 11) is -3.72. The number of nitrogens with two attached hydrogens (primary N) is 1. The van der Waals surface area contributed by atoms with E-state index in [4.69, 9.17) is 5.73 Å². The largest absolute Gasteiger partial charge is 0.329 e. The molecule has 17 heavy (non-hydrogen) atoms. The maximum atomic E-state index is 12.9. The third-order valence-corrected chi connectivity index (χ3v) is 3.72. The number of benzene rings is 1. The zero-order valence-electron chi connectivity index (χ0n) is 9.60. The second kappa shape index (κ2) is 5.77. The molecule has 0 amide bonds. The zero-order valence-corrected chi connectivity index (χ0v) is 11.2. The molecule has 7 heteroatoms. The lowest BCUT2D eigenvalue weighted by atomic mass is 10.1. The molecule has 1 aromatic carbocycles. The molecule has 0 unspecified atom stereocenters. The van der Waals surface area contributed by atoms with Crippen molar-refractivity contribution in [1.29, 1.82) is 0 Å². The molecule has 0 atom stereocenters. The number of hydrogen-bond acceptors (Lipinski definition) is 3. The predicted molar refractivity (Wildman–Crippen MR) is 67.1 cm³/mol. The van der Waals surface area contributed by atoms with Crippen molar-refractivity contribution >= 4 is 22.4 Å². The van der Waals surface area contributed by atoms with Crippen molar-refractivity contribution in [2.75, 3.05) is 6.54 Å². The van der Waals surface area contributed by atoms with Gasteiger partial charge in [0.25, 0.3) is 0 Å². The lowest BCUT2D eigenvalue weighted by Gasteiger charge is -2.23. The van der Waals surface area contributed by atoms with Gasteiger partial charge in [-0.15, -0.1) is 12.4 Å². The van der Waals surface area contributed by atoms with Crippen molar-refractivity contribution in [3.8, 4) is 0 Å². The van der Waals surface area contributed by atoms with Gasteiger partial charge in [0.15, 0.2) is 0 Å². The Labute approximate surface area is 107 Å². The first-order valence-electron chi connectivity index (χ1n) is 4.76. The van der Waals surface area contributed by atoms with Gasteiger partial charge in [0.1, 0.15) is 5.82 Å². The fraction of sp³-hybridized carbons (Fsp3) is 0.400. The van der Waals surface area contributed by atoms with Gasteiger partial charge in [-0.1, -0.05) is 6.07 Å². The fourth-order valence-corrected chi connectivity index (χ4v) is 2.55. The first-order valence-corrected chi connectivity index (χ1v) is 6.25. The topological polar surface area (TPSA) is 72.2 Å². The van der Waals surface area contributed by atoms with Gasteiger partial charge in [0.05, 0.1) is 4.90 Å². The minimum atomic E-state index is -3.72. The highest BCUT2D eigenvalue weighted by Gasteiger charge is 2.24. The van der Waals surface area contributed by atoms with Crippen LogP contribution in [0.2, 0.25) is 0 Å². The van der Waals surface area contributed by atoms with E-state index in [0.717, 1.165) is 6.07 Å². The SMILES string of the molecule is CC(C)(CN)NS(=O)(=O)c1cccc(F)c1.Cl. The number of nitrogens with one attached hydrogen (secondary N) is 1. The number of hydrogen-bond donors (Lipinski definition) is 2. The molecule has 0 radical (unpaired) electrons. The van der Waals surface area contributed by atoms with Crippen LogP contribution < -0.4 is 10.5 Å². The van der Waals surface area contributed by atoms with Crippen LogP contribution >= 0.6 is 12.4 Å². The van der Waals surface area contributed by atoms with E-state index in [2.05, 4.69) is 4.72 Å². The van der Waals surface area contributed by atoms with Gasteiger partial charge < -0.3 is 5.73 Å². The Morgan fingerprint density at radius 3 is 2.47 bits per heavy atom. The van der Waals surface area contributed by atoms with Crippen LogP contribution in [0.15, 0.2) is 29.2 Å². The summed E-state index contributed by atoms with van der Waals surface area (Å²) in [5.74, 6) is -0.589. The minimum Gasteiger partial charge on any atom is -0.329 e. The van der Waals surface area contributed by atoms with E-state index in [1.54, 1.807) is 13.8 Å². The van der Waals surface area contributed by atoms with Crippen molar-refractivity contribution in [3.05, 3.63) is 30.1 Å². The molecular weight excluding hydrogens is 267 g/mol. The normalized spacial score (nSPS) is 12.0. The standard InChI is InChI=1S/C10H15FN2O2S.ClH/c1-10(2,7-12)13-16(14,15)9-5-3-4-8(11)6-9;/h3-6,13H,7,12H2,1-2H3;1H. The molecule has 0 bridgehead atoms. The lowest BCUT2D eigenvalue weighted by Crippen LogP contribution is -2.48. The van der Waals surface area contributed by atoms with Crippen LogP contribution in [-0.2, 0) is 10.0 Å². The van der Waals surface area contributed by atoms with Crippen LogP contribution in [0.25, 0.3) is 0 Å². The van der Waals surface area contributed by atoms with Gasteiger partial charge in [-0.2, -0.15) is 0 Å². The molecule has 0 heterocycles. The van der Waals surface area contributed by atoms with E-state index in [1.807, 2.05) is 0 Å². The number of sulfonamides is 1. The highest BCUT2D eigenvalue weighted by molar-refractivity contribution is 7.89. The Morgan fingerprint density at radius 1 is 1.41 bits per heavy atom. The van der Waals surface area contributed by atoms with Crippen LogP contribution in [-0.4, -0.2) is 20.5 Å². The molecular formula is C10H16ClFN2O2S. The Hall–Kier alpha value is -0.690. The van der Waals surface area contributed by atoms with Gasteiger partial charge in [0.2, 0.25) is 10.0 Å². The number of rotatable bonds is 4. The van der Waals surface area contributed by atoms with Crippen molar-refractivity contribution in [3.63, 3.8) is 0 Å².